The number of benzene rings is 1. The standard InChI is InChI=1S/C19H22N6O2/c1-14-4-6-15(7-5-14)17(24-9-11-27-12-10-24)13-20-19(26)16-3-2-8-25-18(16)21-22-23-25/h2-8,17H,9-13H2,1H3,(H,20,26). The van der Waals surface area contributed by atoms with E-state index in [0.717, 1.165) is 13.1 Å². The van der Waals surface area contributed by atoms with E-state index >= 15 is 0 Å². The minimum Gasteiger partial charge on any atom is -0.379 e. The maximum absolute atomic E-state index is 12.8. The molecule has 1 aliphatic rings. The van der Waals surface area contributed by atoms with E-state index in [2.05, 4.69) is 56.9 Å². The van der Waals surface area contributed by atoms with Crippen molar-refractivity contribution in [3.8, 4) is 0 Å². The number of nitrogens with one attached hydrogen (secondary N) is 1. The topological polar surface area (TPSA) is 84.7 Å². The molecule has 1 N–H and O–H groups in total. The molecule has 8 heteroatoms. The Morgan fingerprint density at radius 2 is 2.00 bits per heavy atom. The van der Waals surface area contributed by atoms with Crippen LogP contribution in [-0.4, -0.2) is 63.7 Å². The van der Waals surface area contributed by atoms with Gasteiger partial charge in [-0.05, 0) is 35.0 Å². The van der Waals surface area contributed by atoms with Gasteiger partial charge >= 0.3 is 0 Å². The van der Waals surface area contributed by atoms with E-state index in [1.54, 1.807) is 18.3 Å². The summed E-state index contributed by atoms with van der Waals surface area (Å²) in [6.45, 7) is 5.69. The number of hydrogen-bond acceptors (Lipinski definition) is 6. The SMILES string of the molecule is Cc1ccc(C(CNC(=O)c2cccn3nnnc23)N2CCOCC2)cc1. The molecule has 1 unspecified atom stereocenters. The maximum Gasteiger partial charge on any atom is 0.255 e. The van der Waals surface area contributed by atoms with Crippen LogP contribution in [0.25, 0.3) is 5.65 Å². The van der Waals surface area contributed by atoms with E-state index in [4.69, 9.17) is 4.74 Å². The zero-order chi connectivity index (χ0) is 18.6. The molecule has 0 aliphatic carbocycles. The van der Waals surface area contributed by atoms with E-state index in [-0.39, 0.29) is 11.9 Å². The van der Waals surface area contributed by atoms with E-state index in [1.165, 1.54) is 15.6 Å². The van der Waals surface area contributed by atoms with Gasteiger partial charge in [0, 0.05) is 25.8 Å². The summed E-state index contributed by atoms with van der Waals surface area (Å²) in [5.74, 6) is -0.180. The molecule has 4 rings (SSSR count). The lowest BCUT2D eigenvalue weighted by Crippen LogP contribution is -2.43. The highest BCUT2D eigenvalue weighted by molar-refractivity contribution is 5.99. The van der Waals surface area contributed by atoms with Crippen molar-refractivity contribution in [2.75, 3.05) is 32.8 Å². The molecule has 140 valence electrons. The van der Waals surface area contributed by atoms with Gasteiger partial charge in [0.15, 0.2) is 5.65 Å². The number of carbonyl (C=O) groups excluding carboxylic acids is 1. The Morgan fingerprint density at radius 1 is 1.22 bits per heavy atom. The Bertz CT molecular complexity index is 917. The Labute approximate surface area is 157 Å². The molecule has 27 heavy (non-hydrogen) atoms. The van der Waals surface area contributed by atoms with Crippen molar-refractivity contribution < 1.29 is 9.53 Å². The highest BCUT2D eigenvalue weighted by Gasteiger charge is 2.24. The second kappa shape index (κ2) is 7.81. The molecule has 3 aromatic rings. The maximum atomic E-state index is 12.8. The average molecular weight is 366 g/mol. The number of aromatic nitrogens is 4. The van der Waals surface area contributed by atoms with Gasteiger partial charge in [0.2, 0.25) is 0 Å². The van der Waals surface area contributed by atoms with E-state index in [1.807, 2.05) is 0 Å². The van der Waals surface area contributed by atoms with Gasteiger partial charge in [0.25, 0.3) is 5.91 Å². The largest absolute Gasteiger partial charge is 0.379 e. The smallest absolute Gasteiger partial charge is 0.255 e. The van der Waals surface area contributed by atoms with Crippen LogP contribution >= 0.6 is 0 Å². The van der Waals surface area contributed by atoms with Crippen LogP contribution < -0.4 is 5.32 Å². The van der Waals surface area contributed by atoms with Crippen molar-refractivity contribution in [3.05, 3.63) is 59.3 Å². The Balaban J connectivity index is 1.53. The third kappa shape index (κ3) is 3.81. The fraction of sp³-hybridized carbons (Fsp3) is 0.368. The summed E-state index contributed by atoms with van der Waals surface area (Å²) in [7, 11) is 0. The third-order valence-corrected chi connectivity index (χ3v) is 4.87. The summed E-state index contributed by atoms with van der Waals surface area (Å²) in [5, 5.41) is 14.5. The number of tetrazole rings is 1. The van der Waals surface area contributed by atoms with Crippen molar-refractivity contribution in [1.29, 1.82) is 0 Å². The number of nitrogens with zero attached hydrogens (tertiary/aromatic N) is 5. The molecule has 0 radical (unpaired) electrons. The van der Waals surface area contributed by atoms with Gasteiger partial charge in [0.05, 0.1) is 24.8 Å². The summed E-state index contributed by atoms with van der Waals surface area (Å²) in [6.07, 6.45) is 1.72. The number of ether oxygens (including phenoxy) is 1. The quantitative estimate of drug-likeness (QED) is 0.731. The minimum atomic E-state index is -0.180. The van der Waals surface area contributed by atoms with Gasteiger partial charge in [-0.1, -0.05) is 29.8 Å². The summed E-state index contributed by atoms with van der Waals surface area (Å²) in [5.41, 5.74) is 3.32. The highest BCUT2D eigenvalue weighted by atomic mass is 16.5. The molecule has 1 saturated heterocycles. The number of aryl methyl sites for hydroxylation is 1. The van der Waals surface area contributed by atoms with E-state index in [0.29, 0.717) is 31.0 Å². The molecule has 0 bridgehead atoms. The van der Waals surface area contributed by atoms with Gasteiger partial charge in [-0.25, -0.2) is 0 Å². The fourth-order valence-corrected chi connectivity index (χ4v) is 3.36. The molecule has 0 spiro atoms. The molecule has 1 aliphatic heterocycles. The summed E-state index contributed by atoms with van der Waals surface area (Å²) < 4.78 is 6.98. The van der Waals surface area contributed by atoms with Gasteiger partial charge in [-0.3, -0.25) is 9.69 Å². The molecule has 8 nitrogen and oxygen atoms in total. The predicted molar refractivity (Wildman–Crippen MR) is 99.4 cm³/mol. The van der Waals surface area contributed by atoms with Crippen molar-refractivity contribution in [2.45, 2.75) is 13.0 Å². The lowest BCUT2D eigenvalue weighted by Gasteiger charge is -2.35. The van der Waals surface area contributed by atoms with Crippen molar-refractivity contribution in [2.24, 2.45) is 0 Å². The second-order valence-electron chi connectivity index (χ2n) is 6.65. The molecule has 2 aromatic heterocycles. The van der Waals surface area contributed by atoms with Crippen molar-refractivity contribution in [3.63, 3.8) is 0 Å². The average Bonchev–Trinajstić information content (AvgIpc) is 3.19. The normalized spacial score (nSPS) is 16.3. The Morgan fingerprint density at radius 3 is 2.78 bits per heavy atom. The fourth-order valence-electron chi connectivity index (χ4n) is 3.36. The lowest BCUT2D eigenvalue weighted by atomic mass is 10.0. The van der Waals surface area contributed by atoms with Crippen molar-refractivity contribution in [1.82, 2.24) is 30.3 Å². The first-order valence-corrected chi connectivity index (χ1v) is 9.05. The molecular formula is C19H22N6O2. The van der Waals surface area contributed by atoms with Crippen LogP contribution in [0.1, 0.15) is 27.5 Å². The van der Waals surface area contributed by atoms with Gasteiger partial charge in [-0.15, -0.1) is 5.10 Å². The number of rotatable bonds is 5. The van der Waals surface area contributed by atoms with Gasteiger partial charge in [0.1, 0.15) is 0 Å². The number of hydrogen-bond donors (Lipinski definition) is 1. The molecule has 3 heterocycles. The highest BCUT2D eigenvalue weighted by Crippen LogP contribution is 2.22. The first-order valence-electron chi connectivity index (χ1n) is 9.05. The van der Waals surface area contributed by atoms with E-state index in [9.17, 15) is 4.79 Å². The van der Waals surface area contributed by atoms with Crippen LogP contribution in [-0.2, 0) is 4.74 Å². The Hall–Kier alpha value is -2.84. The number of pyridine rings is 1. The van der Waals surface area contributed by atoms with Crippen molar-refractivity contribution >= 4 is 11.6 Å². The van der Waals surface area contributed by atoms with Gasteiger partial charge in [-0.2, -0.15) is 4.52 Å². The second-order valence-corrected chi connectivity index (χ2v) is 6.65. The molecule has 1 fully saturated rings. The van der Waals surface area contributed by atoms with Crippen LogP contribution in [0.5, 0.6) is 0 Å². The zero-order valence-electron chi connectivity index (χ0n) is 15.2. The molecule has 1 aromatic carbocycles. The van der Waals surface area contributed by atoms with Crippen LogP contribution in [0.4, 0.5) is 0 Å². The molecule has 0 saturated carbocycles. The summed E-state index contributed by atoms with van der Waals surface area (Å²) in [4.78, 5) is 15.1. The van der Waals surface area contributed by atoms with Gasteiger partial charge < -0.3 is 10.1 Å². The molecule has 1 amide bonds. The predicted octanol–water partition coefficient (Wildman–Crippen LogP) is 1.24. The van der Waals surface area contributed by atoms with Crippen LogP contribution in [0.15, 0.2) is 42.6 Å². The minimum absolute atomic E-state index is 0.0918. The van der Waals surface area contributed by atoms with E-state index < -0.39 is 0 Å². The molecule has 1 atom stereocenters. The third-order valence-electron chi connectivity index (χ3n) is 4.87. The number of fused-ring (bicyclic) bond motifs is 1. The number of morpholine rings is 1. The molecular weight excluding hydrogens is 344 g/mol. The zero-order valence-corrected chi connectivity index (χ0v) is 15.2. The monoisotopic (exact) mass is 366 g/mol. The summed E-state index contributed by atoms with van der Waals surface area (Å²) >= 11 is 0. The number of amides is 1. The Kier molecular flexibility index (Phi) is 5.08. The summed E-state index contributed by atoms with van der Waals surface area (Å²) in [6, 6.07) is 12.1. The lowest BCUT2D eigenvalue weighted by molar-refractivity contribution is 0.0162. The van der Waals surface area contributed by atoms with Crippen LogP contribution in [0, 0.1) is 6.92 Å². The first kappa shape index (κ1) is 17.6. The number of carbonyl (C=O) groups is 1. The van der Waals surface area contributed by atoms with Crippen LogP contribution in [0.3, 0.4) is 0 Å². The van der Waals surface area contributed by atoms with Crippen LogP contribution in [0.2, 0.25) is 0 Å². The first-order chi connectivity index (χ1) is 13.2.